The van der Waals surface area contributed by atoms with Gasteiger partial charge < -0.3 is 5.11 Å². The van der Waals surface area contributed by atoms with Crippen molar-refractivity contribution in [3.63, 3.8) is 0 Å². The summed E-state index contributed by atoms with van der Waals surface area (Å²) in [5.41, 5.74) is 0. The van der Waals surface area contributed by atoms with E-state index in [9.17, 15) is 5.11 Å². The van der Waals surface area contributed by atoms with Gasteiger partial charge >= 0.3 is 0 Å². The SMILES string of the molecule is CCC(O)C1(CC)SCCCS1. The van der Waals surface area contributed by atoms with Crippen molar-refractivity contribution in [3.8, 4) is 0 Å². The Bertz CT molecular complexity index is 132. The molecule has 1 unspecified atom stereocenters. The zero-order valence-corrected chi connectivity index (χ0v) is 9.51. The van der Waals surface area contributed by atoms with E-state index in [1.54, 1.807) is 0 Å². The van der Waals surface area contributed by atoms with Crippen molar-refractivity contribution < 1.29 is 5.11 Å². The predicted molar refractivity (Wildman–Crippen MR) is 58.9 cm³/mol. The third kappa shape index (κ3) is 2.12. The van der Waals surface area contributed by atoms with E-state index < -0.39 is 0 Å². The molecular formula is C9H18OS2. The van der Waals surface area contributed by atoms with Crippen molar-refractivity contribution in [2.75, 3.05) is 11.5 Å². The largest absolute Gasteiger partial charge is 0.391 e. The summed E-state index contributed by atoms with van der Waals surface area (Å²) in [7, 11) is 0. The second kappa shape index (κ2) is 4.77. The topological polar surface area (TPSA) is 20.2 Å². The monoisotopic (exact) mass is 206 g/mol. The minimum atomic E-state index is -0.127. The maximum atomic E-state index is 9.89. The molecule has 1 heterocycles. The van der Waals surface area contributed by atoms with E-state index in [2.05, 4.69) is 13.8 Å². The third-order valence-corrected chi connectivity index (χ3v) is 6.16. The molecular weight excluding hydrogens is 188 g/mol. The summed E-state index contributed by atoms with van der Waals surface area (Å²) in [5.74, 6) is 2.44. The van der Waals surface area contributed by atoms with Crippen LogP contribution in [0.3, 0.4) is 0 Å². The molecule has 1 nitrogen and oxygen atoms in total. The minimum absolute atomic E-state index is 0.118. The molecule has 1 aliphatic rings. The lowest BCUT2D eigenvalue weighted by Crippen LogP contribution is -2.37. The summed E-state index contributed by atoms with van der Waals surface area (Å²) in [5, 5.41) is 9.89. The summed E-state index contributed by atoms with van der Waals surface area (Å²) < 4.78 is 0.118. The van der Waals surface area contributed by atoms with Crippen LogP contribution >= 0.6 is 23.5 Å². The molecule has 0 saturated carbocycles. The Kier molecular flexibility index (Phi) is 4.27. The molecule has 12 heavy (non-hydrogen) atoms. The van der Waals surface area contributed by atoms with Gasteiger partial charge in [-0.2, -0.15) is 0 Å². The first-order chi connectivity index (χ1) is 5.75. The van der Waals surface area contributed by atoms with E-state index in [4.69, 9.17) is 0 Å². The lowest BCUT2D eigenvalue weighted by Gasteiger charge is -2.38. The number of hydrogen-bond donors (Lipinski definition) is 1. The zero-order valence-electron chi connectivity index (χ0n) is 7.88. The lowest BCUT2D eigenvalue weighted by atomic mass is 10.1. The molecule has 0 amide bonds. The van der Waals surface area contributed by atoms with Crippen molar-refractivity contribution in [2.24, 2.45) is 0 Å². The predicted octanol–water partition coefficient (Wildman–Crippen LogP) is 2.73. The van der Waals surface area contributed by atoms with Crippen LogP contribution in [-0.2, 0) is 0 Å². The number of hydrogen-bond acceptors (Lipinski definition) is 3. The Morgan fingerprint density at radius 1 is 1.33 bits per heavy atom. The Hall–Kier alpha value is 0.660. The van der Waals surface area contributed by atoms with E-state index in [0.29, 0.717) is 0 Å². The molecule has 0 bridgehead atoms. The van der Waals surface area contributed by atoms with Gasteiger partial charge in [0, 0.05) is 0 Å². The van der Waals surface area contributed by atoms with E-state index in [1.807, 2.05) is 23.5 Å². The van der Waals surface area contributed by atoms with Gasteiger partial charge in [-0.1, -0.05) is 13.8 Å². The van der Waals surface area contributed by atoms with Gasteiger partial charge in [-0.3, -0.25) is 0 Å². The van der Waals surface area contributed by atoms with Crippen molar-refractivity contribution in [1.82, 2.24) is 0 Å². The molecule has 0 aliphatic carbocycles. The fourth-order valence-corrected chi connectivity index (χ4v) is 4.94. The molecule has 1 atom stereocenters. The third-order valence-electron chi connectivity index (χ3n) is 2.37. The minimum Gasteiger partial charge on any atom is -0.391 e. The van der Waals surface area contributed by atoms with Gasteiger partial charge in [0.1, 0.15) is 0 Å². The molecule has 1 rings (SSSR count). The molecule has 1 N–H and O–H groups in total. The Balaban J connectivity index is 2.59. The fraction of sp³-hybridized carbons (Fsp3) is 1.00. The molecule has 0 aromatic carbocycles. The maximum Gasteiger partial charge on any atom is 0.0865 e. The molecule has 72 valence electrons. The first kappa shape index (κ1) is 10.7. The normalized spacial score (nSPS) is 25.2. The maximum absolute atomic E-state index is 9.89. The first-order valence-electron chi connectivity index (χ1n) is 4.71. The highest BCUT2D eigenvalue weighted by Crippen LogP contribution is 2.47. The van der Waals surface area contributed by atoms with E-state index in [0.717, 1.165) is 12.8 Å². The summed E-state index contributed by atoms with van der Waals surface area (Å²) in [6.07, 6.45) is 3.14. The summed E-state index contributed by atoms with van der Waals surface area (Å²) in [6, 6.07) is 0. The van der Waals surface area contributed by atoms with Gasteiger partial charge in [0.05, 0.1) is 10.2 Å². The van der Waals surface area contributed by atoms with Gasteiger partial charge in [-0.15, -0.1) is 23.5 Å². The number of aliphatic hydroxyl groups is 1. The van der Waals surface area contributed by atoms with E-state index >= 15 is 0 Å². The molecule has 1 fully saturated rings. The highest BCUT2D eigenvalue weighted by Gasteiger charge is 2.37. The smallest absolute Gasteiger partial charge is 0.0865 e. The van der Waals surface area contributed by atoms with Crippen LogP contribution in [0.15, 0.2) is 0 Å². The van der Waals surface area contributed by atoms with Gasteiger partial charge in [-0.25, -0.2) is 0 Å². The van der Waals surface area contributed by atoms with Crippen LogP contribution in [0.1, 0.15) is 33.1 Å². The number of aliphatic hydroxyl groups excluding tert-OH is 1. The van der Waals surface area contributed by atoms with E-state index in [-0.39, 0.29) is 10.2 Å². The summed E-state index contributed by atoms with van der Waals surface area (Å²) >= 11 is 3.91. The summed E-state index contributed by atoms with van der Waals surface area (Å²) in [6.45, 7) is 4.25. The number of rotatable bonds is 3. The van der Waals surface area contributed by atoms with Crippen LogP contribution in [-0.4, -0.2) is 26.8 Å². The molecule has 1 aliphatic heterocycles. The summed E-state index contributed by atoms with van der Waals surface area (Å²) in [4.78, 5) is 0. The lowest BCUT2D eigenvalue weighted by molar-refractivity contribution is 0.154. The molecule has 0 radical (unpaired) electrons. The van der Waals surface area contributed by atoms with Crippen LogP contribution < -0.4 is 0 Å². The molecule has 0 aromatic rings. The average Bonchev–Trinajstić information content (AvgIpc) is 2.17. The Morgan fingerprint density at radius 3 is 2.33 bits per heavy atom. The van der Waals surface area contributed by atoms with Crippen LogP contribution in [0.4, 0.5) is 0 Å². The number of thioether (sulfide) groups is 2. The van der Waals surface area contributed by atoms with Crippen molar-refractivity contribution in [3.05, 3.63) is 0 Å². The second-order valence-corrected chi connectivity index (χ2v) is 6.25. The van der Waals surface area contributed by atoms with Gasteiger partial charge in [-0.05, 0) is 30.8 Å². The fourth-order valence-electron chi connectivity index (χ4n) is 1.53. The van der Waals surface area contributed by atoms with Gasteiger partial charge in [0.2, 0.25) is 0 Å². The van der Waals surface area contributed by atoms with Crippen LogP contribution in [0.5, 0.6) is 0 Å². The Morgan fingerprint density at radius 2 is 1.92 bits per heavy atom. The van der Waals surface area contributed by atoms with Crippen molar-refractivity contribution in [1.29, 1.82) is 0 Å². The first-order valence-corrected chi connectivity index (χ1v) is 6.68. The van der Waals surface area contributed by atoms with E-state index in [1.165, 1.54) is 17.9 Å². The standard InChI is InChI=1S/C9H18OS2/c1-3-8(10)9(4-2)11-6-5-7-12-9/h8,10H,3-7H2,1-2H3. The molecule has 1 saturated heterocycles. The van der Waals surface area contributed by atoms with Gasteiger partial charge in [0.15, 0.2) is 0 Å². The van der Waals surface area contributed by atoms with Crippen LogP contribution in [0.25, 0.3) is 0 Å². The quantitative estimate of drug-likeness (QED) is 0.767. The van der Waals surface area contributed by atoms with Gasteiger partial charge in [0.25, 0.3) is 0 Å². The highest BCUT2D eigenvalue weighted by atomic mass is 32.2. The van der Waals surface area contributed by atoms with Crippen LogP contribution in [0, 0.1) is 0 Å². The second-order valence-electron chi connectivity index (χ2n) is 3.14. The highest BCUT2D eigenvalue weighted by molar-refractivity contribution is 8.18. The zero-order chi connectivity index (χ0) is 9.03. The molecule has 3 heteroatoms. The molecule has 0 aromatic heterocycles. The average molecular weight is 206 g/mol. The van der Waals surface area contributed by atoms with Crippen molar-refractivity contribution >= 4 is 23.5 Å². The molecule has 0 spiro atoms. The van der Waals surface area contributed by atoms with Crippen LogP contribution in [0.2, 0.25) is 0 Å². The Labute approximate surface area is 83.7 Å². The van der Waals surface area contributed by atoms with Crippen molar-refractivity contribution in [2.45, 2.75) is 43.3 Å².